The van der Waals surface area contributed by atoms with Gasteiger partial charge in [0.2, 0.25) is 0 Å². The van der Waals surface area contributed by atoms with Crippen molar-refractivity contribution in [2.45, 2.75) is 12.7 Å². The number of hydrogen-bond donors (Lipinski definition) is 0. The number of piperazine rings is 1. The molecule has 37 heavy (non-hydrogen) atoms. The van der Waals surface area contributed by atoms with Crippen molar-refractivity contribution in [3.63, 3.8) is 0 Å². The lowest BCUT2D eigenvalue weighted by molar-refractivity contribution is -0.142. The van der Waals surface area contributed by atoms with Crippen molar-refractivity contribution in [1.29, 1.82) is 0 Å². The summed E-state index contributed by atoms with van der Waals surface area (Å²) >= 11 is 3.56. The van der Waals surface area contributed by atoms with Gasteiger partial charge in [-0.25, -0.2) is 9.50 Å². The highest BCUT2D eigenvalue weighted by Crippen LogP contribution is 2.33. The van der Waals surface area contributed by atoms with Crippen LogP contribution in [0.3, 0.4) is 0 Å². The molecule has 4 aromatic rings. The highest BCUT2D eigenvalue weighted by atomic mass is 79.9. The van der Waals surface area contributed by atoms with E-state index in [0.29, 0.717) is 42.0 Å². The average molecular weight is 574 g/mol. The average Bonchev–Trinajstić information content (AvgIpc) is 3.33. The zero-order valence-corrected chi connectivity index (χ0v) is 21.5. The maximum Gasteiger partial charge on any atom is 0.433 e. The number of alkyl halides is 3. The summed E-state index contributed by atoms with van der Waals surface area (Å²) in [5.74, 6) is 0.183. The van der Waals surface area contributed by atoms with Crippen LogP contribution in [0.2, 0.25) is 0 Å². The minimum atomic E-state index is -4.69. The van der Waals surface area contributed by atoms with Gasteiger partial charge in [-0.15, -0.1) is 0 Å². The second-order valence-electron chi connectivity index (χ2n) is 8.71. The first-order valence-corrected chi connectivity index (χ1v) is 12.4. The Labute approximate surface area is 219 Å². The number of carbonyl (C=O) groups is 1. The van der Waals surface area contributed by atoms with Crippen molar-refractivity contribution in [3.8, 4) is 17.0 Å². The third kappa shape index (κ3) is 5.19. The van der Waals surface area contributed by atoms with Gasteiger partial charge in [-0.2, -0.15) is 18.3 Å². The molecule has 2 aromatic carbocycles. The quantitative estimate of drug-likeness (QED) is 0.330. The molecule has 0 spiro atoms. The molecule has 192 valence electrons. The van der Waals surface area contributed by atoms with E-state index in [2.05, 4.69) is 30.9 Å². The van der Waals surface area contributed by atoms with Crippen LogP contribution in [0.25, 0.3) is 16.9 Å². The number of fused-ring (bicyclic) bond motifs is 1. The Bertz CT molecular complexity index is 1430. The number of aromatic nitrogens is 3. The molecule has 0 bridgehead atoms. The smallest absolute Gasteiger partial charge is 0.433 e. The Morgan fingerprint density at radius 2 is 1.76 bits per heavy atom. The van der Waals surface area contributed by atoms with E-state index in [1.807, 2.05) is 24.3 Å². The molecule has 0 N–H and O–H groups in total. The summed E-state index contributed by atoms with van der Waals surface area (Å²) in [6.45, 7) is 2.92. The van der Waals surface area contributed by atoms with Gasteiger partial charge in [-0.05, 0) is 42.0 Å². The molecule has 5 rings (SSSR count). The lowest BCUT2D eigenvalue weighted by atomic mass is 10.1. The summed E-state index contributed by atoms with van der Waals surface area (Å²) in [4.78, 5) is 21.7. The zero-order valence-electron chi connectivity index (χ0n) is 19.9. The number of halogens is 4. The number of rotatable bonds is 5. The molecule has 1 aliphatic heterocycles. The highest BCUT2D eigenvalue weighted by molar-refractivity contribution is 9.10. The normalized spacial score (nSPS) is 14.8. The molecule has 2 aromatic heterocycles. The molecule has 1 fully saturated rings. The first kappa shape index (κ1) is 25.2. The van der Waals surface area contributed by atoms with Crippen LogP contribution < -0.4 is 4.74 Å². The summed E-state index contributed by atoms with van der Waals surface area (Å²) in [6, 6.07) is 15.4. The Morgan fingerprint density at radius 1 is 1.05 bits per heavy atom. The van der Waals surface area contributed by atoms with Gasteiger partial charge in [0.15, 0.2) is 11.3 Å². The van der Waals surface area contributed by atoms with Gasteiger partial charge in [0, 0.05) is 42.8 Å². The molecule has 0 radical (unpaired) electrons. The van der Waals surface area contributed by atoms with Gasteiger partial charge in [0.1, 0.15) is 11.3 Å². The van der Waals surface area contributed by atoms with Gasteiger partial charge < -0.3 is 9.64 Å². The second kappa shape index (κ2) is 10.1. The second-order valence-corrected chi connectivity index (χ2v) is 9.56. The first-order chi connectivity index (χ1) is 17.7. The standard InChI is InChI=1S/C26H23BrF3N5O2/c1-37-19-8-6-17(7-9-19)22-14-23(26(28,29)30)35-24(32-22)20(15-31-35)25(36)34-12-10-33(11-13-34)16-18-4-2-3-5-21(18)27/h2-9,14-15H,10-13,16H2,1H3. The molecular weight excluding hydrogens is 551 g/mol. The van der Waals surface area contributed by atoms with Crippen molar-refractivity contribution < 1.29 is 22.7 Å². The van der Waals surface area contributed by atoms with Crippen molar-refractivity contribution in [3.05, 3.63) is 82.1 Å². The van der Waals surface area contributed by atoms with Gasteiger partial charge in [-0.3, -0.25) is 9.69 Å². The predicted molar refractivity (Wildman–Crippen MR) is 135 cm³/mol. The molecule has 1 saturated heterocycles. The SMILES string of the molecule is COc1ccc(-c2cc(C(F)(F)F)n3ncc(C(=O)N4CCN(Cc5ccccc5Br)CC4)c3n2)cc1. The third-order valence-electron chi connectivity index (χ3n) is 6.39. The van der Waals surface area contributed by atoms with Gasteiger partial charge in [0.05, 0.1) is 19.0 Å². The summed E-state index contributed by atoms with van der Waals surface area (Å²) in [5, 5.41) is 3.89. The van der Waals surface area contributed by atoms with E-state index < -0.39 is 11.9 Å². The Balaban J connectivity index is 1.41. The fourth-order valence-corrected chi connectivity index (χ4v) is 4.78. The summed E-state index contributed by atoms with van der Waals surface area (Å²) < 4.78 is 48.7. The fraction of sp³-hybridized carbons (Fsp3) is 0.269. The van der Waals surface area contributed by atoms with Crippen LogP contribution in [-0.2, 0) is 12.7 Å². The summed E-state index contributed by atoms with van der Waals surface area (Å²) in [6.07, 6.45) is -3.52. The summed E-state index contributed by atoms with van der Waals surface area (Å²) in [7, 11) is 1.51. The minimum Gasteiger partial charge on any atom is -0.497 e. The number of methoxy groups -OCH3 is 1. The first-order valence-electron chi connectivity index (χ1n) is 11.6. The van der Waals surface area contributed by atoms with Gasteiger partial charge in [0.25, 0.3) is 5.91 Å². The zero-order chi connectivity index (χ0) is 26.2. The number of nitrogens with zero attached hydrogens (tertiary/aromatic N) is 5. The molecule has 0 saturated carbocycles. The maximum atomic E-state index is 13.9. The number of amides is 1. The predicted octanol–water partition coefficient (Wildman–Crippen LogP) is 5.14. The fourth-order valence-electron chi connectivity index (χ4n) is 4.37. The lowest BCUT2D eigenvalue weighted by Gasteiger charge is -2.34. The molecule has 11 heteroatoms. The number of carbonyl (C=O) groups excluding carboxylic acids is 1. The Kier molecular flexibility index (Phi) is 6.91. The Hall–Kier alpha value is -3.44. The number of hydrogen-bond acceptors (Lipinski definition) is 5. The molecule has 0 unspecified atom stereocenters. The largest absolute Gasteiger partial charge is 0.497 e. The van der Waals surface area contributed by atoms with Crippen LogP contribution in [0.1, 0.15) is 21.6 Å². The Morgan fingerprint density at radius 3 is 2.41 bits per heavy atom. The topological polar surface area (TPSA) is 63.0 Å². The number of benzene rings is 2. The van der Waals surface area contributed by atoms with Crippen LogP contribution in [0.5, 0.6) is 5.75 Å². The molecule has 3 heterocycles. The van der Waals surface area contributed by atoms with Crippen LogP contribution in [-0.4, -0.2) is 63.6 Å². The van der Waals surface area contributed by atoms with Crippen LogP contribution in [0.15, 0.2) is 65.3 Å². The van der Waals surface area contributed by atoms with Crippen LogP contribution >= 0.6 is 15.9 Å². The number of ether oxygens (including phenoxy) is 1. The lowest BCUT2D eigenvalue weighted by Crippen LogP contribution is -2.48. The van der Waals surface area contributed by atoms with Crippen LogP contribution in [0.4, 0.5) is 13.2 Å². The molecule has 0 aliphatic carbocycles. The monoisotopic (exact) mass is 573 g/mol. The van der Waals surface area contributed by atoms with E-state index in [1.165, 1.54) is 13.3 Å². The van der Waals surface area contributed by atoms with Crippen molar-refractivity contribution in [1.82, 2.24) is 24.4 Å². The van der Waals surface area contributed by atoms with Crippen molar-refractivity contribution in [2.24, 2.45) is 0 Å². The van der Waals surface area contributed by atoms with Gasteiger partial charge >= 0.3 is 6.18 Å². The third-order valence-corrected chi connectivity index (χ3v) is 7.16. The molecule has 1 aliphatic rings. The minimum absolute atomic E-state index is 0.0418. The van der Waals surface area contributed by atoms with Crippen molar-refractivity contribution >= 4 is 27.5 Å². The van der Waals surface area contributed by atoms with E-state index >= 15 is 0 Å². The van der Waals surface area contributed by atoms with E-state index in [9.17, 15) is 18.0 Å². The van der Waals surface area contributed by atoms with E-state index in [4.69, 9.17) is 4.74 Å². The maximum absolute atomic E-state index is 13.9. The molecule has 0 atom stereocenters. The van der Waals surface area contributed by atoms with E-state index in [-0.39, 0.29) is 22.8 Å². The molecule has 7 nitrogen and oxygen atoms in total. The van der Waals surface area contributed by atoms with Crippen LogP contribution in [0, 0.1) is 0 Å². The van der Waals surface area contributed by atoms with E-state index in [1.54, 1.807) is 29.2 Å². The van der Waals surface area contributed by atoms with Gasteiger partial charge in [-0.1, -0.05) is 34.1 Å². The molecule has 1 amide bonds. The highest BCUT2D eigenvalue weighted by Gasteiger charge is 2.36. The van der Waals surface area contributed by atoms with E-state index in [0.717, 1.165) is 22.6 Å². The van der Waals surface area contributed by atoms with Crippen molar-refractivity contribution in [2.75, 3.05) is 33.3 Å². The molecular formula is C26H23BrF3N5O2. The summed E-state index contributed by atoms with van der Waals surface area (Å²) in [5.41, 5.74) is 0.631.